The highest BCUT2D eigenvalue weighted by atomic mass is 15.2. The van der Waals surface area contributed by atoms with Gasteiger partial charge in [0.15, 0.2) is 0 Å². The lowest BCUT2D eigenvalue weighted by Gasteiger charge is -2.32. The Morgan fingerprint density at radius 1 is 0.895 bits per heavy atom. The van der Waals surface area contributed by atoms with Crippen LogP contribution in [0.3, 0.4) is 0 Å². The third kappa shape index (κ3) is 2.79. The molecule has 2 nitrogen and oxygen atoms in total. The molecule has 1 aliphatic rings. The van der Waals surface area contributed by atoms with E-state index in [2.05, 4.69) is 70.9 Å². The van der Waals surface area contributed by atoms with Gasteiger partial charge in [-0.05, 0) is 24.1 Å². The maximum atomic E-state index is 4.66. The topological polar surface area (TPSA) is 17.3 Å². The number of rotatable bonds is 2. The van der Waals surface area contributed by atoms with E-state index >= 15 is 0 Å². The summed E-state index contributed by atoms with van der Waals surface area (Å²) >= 11 is 0. The van der Waals surface area contributed by atoms with Gasteiger partial charge >= 0.3 is 0 Å². The summed E-state index contributed by atoms with van der Waals surface area (Å²) in [7, 11) is 0. The van der Waals surface area contributed by atoms with Gasteiger partial charge in [-0.25, -0.2) is 5.32 Å². The van der Waals surface area contributed by atoms with Crippen LogP contribution in [0.5, 0.6) is 0 Å². The molecule has 1 unspecified atom stereocenters. The molecule has 1 fully saturated rings. The zero-order valence-electron chi connectivity index (χ0n) is 11.1. The zero-order chi connectivity index (χ0) is 12.9. The Balaban J connectivity index is 1.94. The van der Waals surface area contributed by atoms with E-state index in [1.54, 1.807) is 0 Å². The minimum atomic E-state index is 0.367. The number of para-hydroxylation sites is 1. The predicted molar refractivity (Wildman–Crippen MR) is 79.5 cm³/mol. The summed E-state index contributed by atoms with van der Waals surface area (Å²) in [4.78, 5) is 2.49. The van der Waals surface area contributed by atoms with Crippen molar-refractivity contribution in [2.45, 2.75) is 12.5 Å². The first-order valence-electron chi connectivity index (χ1n) is 6.95. The second-order valence-corrected chi connectivity index (χ2v) is 4.94. The predicted octanol–water partition coefficient (Wildman–Crippen LogP) is 3.24. The van der Waals surface area contributed by atoms with E-state index in [-0.39, 0.29) is 0 Å². The lowest BCUT2D eigenvalue weighted by atomic mass is 10.0. The smallest absolute Gasteiger partial charge is 0.0683 e. The van der Waals surface area contributed by atoms with Gasteiger partial charge < -0.3 is 4.90 Å². The normalized spacial score (nSPS) is 20.0. The molecule has 1 aliphatic heterocycles. The van der Waals surface area contributed by atoms with E-state index in [9.17, 15) is 0 Å². The molecule has 0 amide bonds. The van der Waals surface area contributed by atoms with Gasteiger partial charge in [-0.15, -0.1) is 0 Å². The first kappa shape index (κ1) is 12.2. The van der Waals surface area contributed by atoms with Crippen LogP contribution < -0.4 is 10.2 Å². The molecule has 0 spiro atoms. The number of benzene rings is 2. The number of nitrogens with zero attached hydrogens (tertiary/aromatic N) is 2. The van der Waals surface area contributed by atoms with E-state index in [4.69, 9.17) is 0 Å². The van der Waals surface area contributed by atoms with Crippen molar-refractivity contribution in [1.29, 1.82) is 0 Å². The molecule has 97 valence electrons. The number of anilines is 1. The third-order valence-corrected chi connectivity index (χ3v) is 3.67. The van der Waals surface area contributed by atoms with Crippen LogP contribution in [0.2, 0.25) is 0 Å². The summed E-state index contributed by atoms with van der Waals surface area (Å²) in [6.45, 7) is 2.94. The molecule has 1 radical (unpaired) electrons. The fraction of sp³-hybridized carbons (Fsp3) is 0.294. The van der Waals surface area contributed by atoms with Crippen LogP contribution in [0.15, 0.2) is 60.7 Å². The van der Waals surface area contributed by atoms with Gasteiger partial charge in [-0.2, -0.15) is 0 Å². The molecule has 1 saturated heterocycles. The van der Waals surface area contributed by atoms with Crippen molar-refractivity contribution >= 4 is 5.69 Å². The fourth-order valence-electron chi connectivity index (χ4n) is 2.71. The van der Waals surface area contributed by atoms with E-state index in [1.807, 2.05) is 0 Å². The number of hydrogen-bond acceptors (Lipinski definition) is 1. The molecule has 2 aromatic carbocycles. The summed E-state index contributed by atoms with van der Waals surface area (Å²) in [5.41, 5.74) is 2.66. The van der Waals surface area contributed by atoms with Crippen molar-refractivity contribution in [3.8, 4) is 0 Å². The molecule has 19 heavy (non-hydrogen) atoms. The summed E-state index contributed by atoms with van der Waals surface area (Å²) in [6, 6.07) is 21.8. The van der Waals surface area contributed by atoms with E-state index < -0.39 is 0 Å². The van der Waals surface area contributed by atoms with E-state index in [0.29, 0.717) is 6.04 Å². The van der Waals surface area contributed by atoms with Crippen molar-refractivity contribution in [2.24, 2.45) is 0 Å². The first-order valence-corrected chi connectivity index (χ1v) is 6.95. The van der Waals surface area contributed by atoms with Crippen molar-refractivity contribution in [2.75, 3.05) is 24.5 Å². The molecule has 0 N–H and O–H groups in total. The Kier molecular flexibility index (Phi) is 3.80. The van der Waals surface area contributed by atoms with Gasteiger partial charge in [0.1, 0.15) is 0 Å². The van der Waals surface area contributed by atoms with Crippen molar-refractivity contribution in [3.63, 3.8) is 0 Å². The van der Waals surface area contributed by atoms with Gasteiger partial charge in [-0.1, -0.05) is 48.5 Å². The Labute approximate surface area is 115 Å². The highest BCUT2D eigenvalue weighted by Gasteiger charge is 2.22. The Hall–Kier alpha value is -1.80. The van der Waals surface area contributed by atoms with Gasteiger partial charge in [0, 0.05) is 25.3 Å². The summed E-state index contributed by atoms with van der Waals surface area (Å²) < 4.78 is 0. The second kappa shape index (κ2) is 5.89. The van der Waals surface area contributed by atoms with Crippen LogP contribution in [0.4, 0.5) is 5.69 Å². The van der Waals surface area contributed by atoms with Gasteiger partial charge in [0.05, 0.1) is 6.04 Å². The van der Waals surface area contributed by atoms with Crippen molar-refractivity contribution < 1.29 is 0 Å². The molecule has 2 aromatic rings. The maximum Gasteiger partial charge on any atom is 0.0683 e. The molecule has 1 heterocycles. The van der Waals surface area contributed by atoms with Crippen LogP contribution in [-0.2, 0) is 0 Å². The molecule has 2 heteroatoms. The fourth-order valence-corrected chi connectivity index (χ4v) is 2.71. The summed E-state index contributed by atoms with van der Waals surface area (Å²) in [5, 5.41) is 4.66. The Bertz CT molecular complexity index is 448. The molecule has 0 aromatic heterocycles. The van der Waals surface area contributed by atoms with Gasteiger partial charge in [-0.3, -0.25) is 0 Å². The lowest BCUT2D eigenvalue weighted by Crippen LogP contribution is -2.31. The van der Waals surface area contributed by atoms with E-state index in [1.165, 1.54) is 11.3 Å². The summed E-state index contributed by atoms with van der Waals surface area (Å²) in [6.07, 6.45) is 1.14. The van der Waals surface area contributed by atoms with Crippen LogP contribution >= 0.6 is 0 Å². The maximum absolute atomic E-state index is 4.66. The van der Waals surface area contributed by atoms with E-state index in [0.717, 1.165) is 26.1 Å². The standard InChI is InChI=1S/C17H19N2/c1-3-8-15(9-4-1)17-14-18-12-7-13-19(17)16-10-5-2-6-11-16/h1-6,8-11,17H,7,12-14H2. The van der Waals surface area contributed by atoms with Crippen molar-refractivity contribution in [3.05, 3.63) is 66.2 Å². The minimum absolute atomic E-state index is 0.367. The largest absolute Gasteiger partial charge is 0.363 e. The third-order valence-electron chi connectivity index (χ3n) is 3.67. The van der Waals surface area contributed by atoms with Crippen LogP contribution in [0.25, 0.3) is 0 Å². The zero-order valence-corrected chi connectivity index (χ0v) is 11.1. The molecular weight excluding hydrogens is 232 g/mol. The van der Waals surface area contributed by atoms with Crippen LogP contribution in [-0.4, -0.2) is 19.6 Å². The van der Waals surface area contributed by atoms with Crippen LogP contribution in [0, 0.1) is 0 Å². The molecule has 0 saturated carbocycles. The van der Waals surface area contributed by atoms with Gasteiger partial charge in [0.25, 0.3) is 0 Å². The van der Waals surface area contributed by atoms with Crippen LogP contribution in [0.1, 0.15) is 18.0 Å². The highest BCUT2D eigenvalue weighted by Crippen LogP contribution is 2.28. The average molecular weight is 251 g/mol. The molecule has 3 rings (SSSR count). The molecule has 0 aliphatic carbocycles. The quantitative estimate of drug-likeness (QED) is 0.801. The minimum Gasteiger partial charge on any atom is -0.363 e. The summed E-state index contributed by atoms with van der Waals surface area (Å²) in [5.74, 6) is 0. The molecule has 0 bridgehead atoms. The lowest BCUT2D eigenvalue weighted by molar-refractivity contribution is 0.609. The van der Waals surface area contributed by atoms with Gasteiger partial charge in [0.2, 0.25) is 0 Å². The Morgan fingerprint density at radius 3 is 2.32 bits per heavy atom. The molecular formula is C17H19N2. The Morgan fingerprint density at radius 2 is 1.58 bits per heavy atom. The number of hydrogen-bond donors (Lipinski definition) is 0. The SMILES string of the molecule is c1ccc(C2C[N]CCCN2c2ccccc2)cc1. The second-order valence-electron chi connectivity index (χ2n) is 4.94. The highest BCUT2D eigenvalue weighted by molar-refractivity contribution is 5.49. The average Bonchev–Trinajstić information content (AvgIpc) is 2.75. The first-order chi connectivity index (χ1) is 9.45. The van der Waals surface area contributed by atoms with Crippen molar-refractivity contribution in [1.82, 2.24) is 5.32 Å². The monoisotopic (exact) mass is 251 g/mol. The molecule has 1 atom stereocenters.